The number of nitrogens with one attached hydrogen (secondary N) is 1. The van der Waals surface area contributed by atoms with Crippen molar-refractivity contribution in [2.24, 2.45) is 0 Å². The van der Waals surface area contributed by atoms with Crippen LogP contribution in [0, 0.1) is 6.92 Å². The molecular formula is C15H15N3O. The highest BCUT2D eigenvalue weighted by atomic mass is 16.5. The normalized spacial score (nSPS) is 10.8. The summed E-state index contributed by atoms with van der Waals surface area (Å²) in [7, 11) is 1.67. The lowest BCUT2D eigenvalue weighted by Gasteiger charge is -2.03. The number of nitrogens with zero attached hydrogens (tertiary/aromatic N) is 1. The lowest BCUT2D eigenvalue weighted by Crippen LogP contribution is -1.89. The van der Waals surface area contributed by atoms with Crippen molar-refractivity contribution in [1.82, 2.24) is 9.97 Å². The quantitative estimate of drug-likeness (QED) is 0.737. The van der Waals surface area contributed by atoms with Gasteiger partial charge in [0.05, 0.1) is 24.7 Å². The number of H-pyrrole nitrogens is 1. The van der Waals surface area contributed by atoms with Crippen LogP contribution in [0.1, 0.15) is 5.69 Å². The van der Waals surface area contributed by atoms with Gasteiger partial charge in [-0.15, -0.1) is 0 Å². The minimum atomic E-state index is 0.666. The van der Waals surface area contributed by atoms with Crippen LogP contribution in [0.2, 0.25) is 0 Å². The van der Waals surface area contributed by atoms with E-state index in [4.69, 9.17) is 10.5 Å². The minimum absolute atomic E-state index is 0.666. The van der Waals surface area contributed by atoms with Gasteiger partial charge in [0, 0.05) is 22.2 Å². The number of nitrogen functional groups attached to an aromatic ring is 1. The third kappa shape index (κ3) is 1.91. The van der Waals surface area contributed by atoms with Gasteiger partial charge in [-0.05, 0) is 37.3 Å². The number of benzene rings is 1. The van der Waals surface area contributed by atoms with Crippen molar-refractivity contribution in [3.05, 3.63) is 42.2 Å². The van der Waals surface area contributed by atoms with Crippen molar-refractivity contribution in [3.63, 3.8) is 0 Å². The largest absolute Gasteiger partial charge is 0.497 e. The van der Waals surface area contributed by atoms with E-state index < -0.39 is 0 Å². The van der Waals surface area contributed by atoms with Crippen molar-refractivity contribution < 1.29 is 4.74 Å². The molecule has 0 spiro atoms. The maximum atomic E-state index is 5.69. The molecule has 96 valence electrons. The fraction of sp³-hybridized carbons (Fsp3) is 0.133. The Balaban J connectivity index is 2.26. The number of fused-ring (bicyclic) bond motifs is 1. The molecule has 19 heavy (non-hydrogen) atoms. The maximum Gasteiger partial charge on any atom is 0.119 e. The molecule has 0 saturated carbocycles. The zero-order chi connectivity index (χ0) is 13.4. The first kappa shape index (κ1) is 11.6. The number of aromatic nitrogens is 2. The Morgan fingerprint density at radius 3 is 2.74 bits per heavy atom. The van der Waals surface area contributed by atoms with E-state index in [1.54, 1.807) is 13.3 Å². The van der Waals surface area contributed by atoms with Gasteiger partial charge in [0.2, 0.25) is 0 Å². The van der Waals surface area contributed by atoms with E-state index >= 15 is 0 Å². The van der Waals surface area contributed by atoms with Crippen molar-refractivity contribution in [3.8, 4) is 17.0 Å². The molecule has 0 aliphatic rings. The van der Waals surface area contributed by atoms with Crippen LogP contribution >= 0.6 is 0 Å². The SMILES string of the molecule is COc1ccc2[nH]c(C)c(-c3ccc(N)cn3)c2c1. The summed E-state index contributed by atoms with van der Waals surface area (Å²) in [5.74, 6) is 0.836. The summed E-state index contributed by atoms with van der Waals surface area (Å²) in [5.41, 5.74) is 10.5. The topological polar surface area (TPSA) is 63.9 Å². The van der Waals surface area contributed by atoms with Crippen LogP contribution in [0.4, 0.5) is 5.69 Å². The molecule has 0 radical (unpaired) electrons. The Hall–Kier alpha value is -2.49. The van der Waals surface area contributed by atoms with Crippen molar-refractivity contribution >= 4 is 16.6 Å². The average Bonchev–Trinajstić information content (AvgIpc) is 2.75. The van der Waals surface area contributed by atoms with E-state index in [1.165, 1.54) is 0 Å². The van der Waals surface area contributed by atoms with E-state index in [0.29, 0.717) is 5.69 Å². The summed E-state index contributed by atoms with van der Waals surface area (Å²) >= 11 is 0. The Labute approximate surface area is 111 Å². The van der Waals surface area contributed by atoms with Crippen LogP contribution in [0.15, 0.2) is 36.5 Å². The second-order valence-corrected chi connectivity index (χ2v) is 4.51. The fourth-order valence-electron chi connectivity index (χ4n) is 2.32. The highest BCUT2D eigenvalue weighted by molar-refractivity contribution is 5.97. The summed E-state index contributed by atoms with van der Waals surface area (Å²) in [6, 6.07) is 9.78. The van der Waals surface area contributed by atoms with Crippen LogP contribution in [0.5, 0.6) is 5.75 Å². The molecule has 2 heterocycles. The molecule has 2 aromatic heterocycles. The van der Waals surface area contributed by atoms with Crippen LogP contribution in [0.25, 0.3) is 22.2 Å². The molecule has 3 N–H and O–H groups in total. The predicted octanol–water partition coefficient (Wildman–Crippen LogP) is 3.13. The number of anilines is 1. The summed E-state index contributed by atoms with van der Waals surface area (Å²) in [4.78, 5) is 7.77. The molecule has 1 aromatic carbocycles. The lowest BCUT2D eigenvalue weighted by atomic mass is 10.1. The summed E-state index contributed by atoms with van der Waals surface area (Å²) in [6.45, 7) is 2.04. The second-order valence-electron chi connectivity index (χ2n) is 4.51. The van der Waals surface area contributed by atoms with Crippen molar-refractivity contribution in [2.45, 2.75) is 6.92 Å². The molecule has 3 rings (SSSR count). The number of aromatic amines is 1. The minimum Gasteiger partial charge on any atom is -0.497 e. The van der Waals surface area contributed by atoms with Crippen LogP contribution in [0.3, 0.4) is 0 Å². The Bertz CT molecular complexity index is 729. The lowest BCUT2D eigenvalue weighted by molar-refractivity contribution is 0.415. The molecule has 0 unspecified atom stereocenters. The number of pyridine rings is 1. The first-order valence-corrected chi connectivity index (χ1v) is 6.07. The van der Waals surface area contributed by atoms with Gasteiger partial charge in [-0.3, -0.25) is 4.98 Å². The van der Waals surface area contributed by atoms with Crippen molar-refractivity contribution in [2.75, 3.05) is 12.8 Å². The van der Waals surface area contributed by atoms with Crippen LogP contribution in [-0.4, -0.2) is 17.1 Å². The summed E-state index contributed by atoms with van der Waals surface area (Å²) in [5, 5.41) is 1.11. The predicted molar refractivity (Wildman–Crippen MR) is 77.2 cm³/mol. The number of aryl methyl sites for hydroxylation is 1. The van der Waals surface area contributed by atoms with Gasteiger partial charge >= 0.3 is 0 Å². The molecule has 3 aromatic rings. The van der Waals surface area contributed by atoms with E-state index in [0.717, 1.165) is 33.6 Å². The highest BCUT2D eigenvalue weighted by Crippen LogP contribution is 2.33. The number of rotatable bonds is 2. The Morgan fingerprint density at radius 1 is 1.21 bits per heavy atom. The van der Waals surface area contributed by atoms with Gasteiger partial charge < -0.3 is 15.5 Å². The second kappa shape index (κ2) is 4.31. The molecule has 0 aliphatic heterocycles. The van der Waals surface area contributed by atoms with Crippen LogP contribution < -0.4 is 10.5 Å². The Morgan fingerprint density at radius 2 is 2.05 bits per heavy atom. The highest BCUT2D eigenvalue weighted by Gasteiger charge is 2.12. The van der Waals surface area contributed by atoms with Gasteiger partial charge in [0.1, 0.15) is 5.75 Å². The first-order chi connectivity index (χ1) is 9.19. The number of hydrogen-bond donors (Lipinski definition) is 2. The number of hydrogen-bond acceptors (Lipinski definition) is 3. The molecular weight excluding hydrogens is 238 g/mol. The van der Waals surface area contributed by atoms with E-state index in [9.17, 15) is 0 Å². The van der Waals surface area contributed by atoms with Gasteiger partial charge in [0.15, 0.2) is 0 Å². The van der Waals surface area contributed by atoms with E-state index in [1.807, 2.05) is 37.3 Å². The Kier molecular flexibility index (Phi) is 2.63. The molecule has 4 heteroatoms. The zero-order valence-corrected chi connectivity index (χ0v) is 10.9. The third-order valence-corrected chi connectivity index (χ3v) is 3.24. The third-order valence-electron chi connectivity index (χ3n) is 3.24. The van der Waals surface area contributed by atoms with Crippen LogP contribution in [-0.2, 0) is 0 Å². The van der Waals surface area contributed by atoms with Gasteiger partial charge in [0.25, 0.3) is 0 Å². The molecule has 0 aliphatic carbocycles. The molecule has 4 nitrogen and oxygen atoms in total. The molecule has 0 bridgehead atoms. The molecule has 0 atom stereocenters. The van der Waals surface area contributed by atoms with Crippen molar-refractivity contribution in [1.29, 1.82) is 0 Å². The summed E-state index contributed by atoms with van der Waals surface area (Å²) in [6.07, 6.45) is 1.67. The standard InChI is InChI=1S/C15H15N3O/c1-9-15(14-5-3-10(16)8-17-14)12-7-11(19-2)4-6-13(12)18-9/h3-8,18H,16H2,1-2H3. The summed E-state index contributed by atoms with van der Waals surface area (Å²) < 4.78 is 5.29. The molecule has 0 amide bonds. The number of nitrogens with two attached hydrogens (primary N) is 1. The first-order valence-electron chi connectivity index (χ1n) is 6.07. The van der Waals surface area contributed by atoms with E-state index in [2.05, 4.69) is 9.97 Å². The smallest absolute Gasteiger partial charge is 0.119 e. The van der Waals surface area contributed by atoms with Gasteiger partial charge in [-0.1, -0.05) is 0 Å². The maximum absolute atomic E-state index is 5.69. The van der Waals surface area contributed by atoms with Gasteiger partial charge in [-0.2, -0.15) is 0 Å². The average molecular weight is 253 g/mol. The van der Waals surface area contributed by atoms with Gasteiger partial charge in [-0.25, -0.2) is 0 Å². The van der Waals surface area contributed by atoms with E-state index in [-0.39, 0.29) is 0 Å². The molecule has 0 saturated heterocycles. The number of ether oxygens (including phenoxy) is 1. The monoisotopic (exact) mass is 253 g/mol. The zero-order valence-electron chi connectivity index (χ0n) is 10.9. The number of methoxy groups -OCH3 is 1. The fourth-order valence-corrected chi connectivity index (χ4v) is 2.32. The molecule has 0 fully saturated rings.